The molecule has 0 unspecified atom stereocenters. The van der Waals surface area contributed by atoms with Crippen molar-refractivity contribution < 1.29 is 9.53 Å². The first-order valence-corrected chi connectivity index (χ1v) is 7.32. The molecule has 1 aliphatic rings. The molecule has 2 rings (SSSR count). The third-order valence-corrected chi connectivity index (χ3v) is 4.05. The quantitative estimate of drug-likeness (QED) is 0.927. The molecule has 4 nitrogen and oxygen atoms in total. The summed E-state index contributed by atoms with van der Waals surface area (Å²) >= 11 is 6.04. The number of carbonyl (C=O) groups excluding carboxylic acids is 1. The van der Waals surface area contributed by atoms with Gasteiger partial charge in [0.2, 0.25) is 5.91 Å². The predicted octanol–water partition coefficient (Wildman–Crippen LogP) is 2.19. The number of hydrogen-bond acceptors (Lipinski definition) is 3. The van der Waals surface area contributed by atoms with Crippen LogP contribution >= 0.6 is 11.6 Å². The van der Waals surface area contributed by atoms with Crippen molar-refractivity contribution in [3.05, 3.63) is 34.9 Å². The van der Waals surface area contributed by atoms with Crippen LogP contribution < -0.4 is 5.73 Å². The molecule has 0 radical (unpaired) electrons. The lowest BCUT2D eigenvalue weighted by atomic mass is 9.99. The number of benzene rings is 1. The first kappa shape index (κ1) is 15.3. The van der Waals surface area contributed by atoms with E-state index in [1.54, 1.807) is 0 Å². The van der Waals surface area contributed by atoms with Crippen LogP contribution in [0.3, 0.4) is 0 Å². The predicted molar refractivity (Wildman–Crippen MR) is 79.5 cm³/mol. The van der Waals surface area contributed by atoms with Gasteiger partial charge in [0.1, 0.15) is 6.61 Å². The number of nitrogens with zero attached hydrogens (tertiary/aromatic N) is 1. The largest absolute Gasteiger partial charge is 0.367 e. The van der Waals surface area contributed by atoms with Crippen molar-refractivity contribution in [2.75, 3.05) is 13.2 Å². The Morgan fingerprint density at radius 3 is 2.95 bits per heavy atom. The van der Waals surface area contributed by atoms with Crippen LogP contribution in [0.1, 0.15) is 25.3 Å². The van der Waals surface area contributed by atoms with Crippen molar-refractivity contribution in [3.8, 4) is 0 Å². The molecule has 0 bridgehead atoms. The lowest BCUT2D eigenvalue weighted by molar-refractivity contribution is -0.140. The van der Waals surface area contributed by atoms with Gasteiger partial charge in [0, 0.05) is 23.7 Å². The average molecular weight is 297 g/mol. The molecule has 1 aliphatic heterocycles. The van der Waals surface area contributed by atoms with E-state index >= 15 is 0 Å². The van der Waals surface area contributed by atoms with E-state index in [1.165, 1.54) is 0 Å². The standard InChI is InChI=1S/C15H21ClN2O2/c1-11-8-13(17)6-7-18(11)15(19)10-20-9-12-4-2-3-5-14(12)16/h2-5,11,13H,6-10,17H2,1H3/t11-,13-/m0/s1. The normalized spacial score (nSPS) is 22.9. The molecule has 1 saturated heterocycles. The van der Waals surface area contributed by atoms with Crippen molar-refractivity contribution in [1.29, 1.82) is 0 Å². The van der Waals surface area contributed by atoms with Gasteiger partial charge >= 0.3 is 0 Å². The van der Waals surface area contributed by atoms with E-state index in [1.807, 2.05) is 36.1 Å². The zero-order valence-electron chi connectivity index (χ0n) is 11.7. The third kappa shape index (κ3) is 3.95. The highest BCUT2D eigenvalue weighted by Crippen LogP contribution is 2.17. The Morgan fingerprint density at radius 2 is 2.25 bits per heavy atom. The SMILES string of the molecule is C[C@H]1C[C@@H](N)CCN1C(=O)COCc1ccccc1Cl. The van der Waals surface area contributed by atoms with Gasteiger partial charge in [0.05, 0.1) is 6.61 Å². The lowest BCUT2D eigenvalue weighted by Crippen LogP contribution is -2.49. The summed E-state index contributed by atoms with van der Waals surface area (Å²) in [5, 5.41) is 0.664. The molecule has 1 amide bonds. The maximum absolute atomic E-state index is 12.1. The Balaban J connectivity index is 1.79. The lowest BCUT2D eigenvalue weighted by Gasteiger charge is -2.36. The van der Waals surface area contributed by atoms with Crippen LogP contribution in [0.25, 0.3) is 0 Å². The smallest absolute Gasteiger partial charge is 0.248 e. The Hall–Kier alpha value is -1.10. The summed E-state index contributed by atoms with van der Waals surface area (Å²) < 4.78 is 5.48. The summed E-state index contributed by atoms with van der Waals surface area (Å²) in [7, 11) is 0. The van der Waals surface area contributed by atoms with E-state index in [0.29, 0.717) is 11.6 Å². The van der Waals surface area contributed by atoms with Crippen LogP contribution in [0, 0.1) is 0 Å². The van der Waals surface area contributed by atoms with E-state index in [0.717, 1.165) is 24.9 Å². The van der Waals surface area contributed by atoms with Crippen LogP contribution in [-0.2, 0) is 16.1 Å². The summed E-state index contributed by atoms with van der Waals surface area (Å²) in [6.45, 7) is 3.19. The van der Waals surface area contributed by atoms with Gasteiger partial charge in [0.25, 0.3) is 0 Å². The molecule has 0 aliphatic carbocycles. The summed E-state index contributed by atoms with van der Waals surface area (Å²) in [5.41, 5.74) is 6.80. The fourth-order valence-electron chi connectivity index (χ4n) is 2.53. The molecular formula is C15H21ClN2O2. The van der Waals surface area contributed by atoms with Gasteiger partial charge in [-0.15, -0.1) is 0 Å². The Bertz CT molecular complexity index is 467. The van der Waals surface area contributed by atoms with Crippen LogP contribution in [0.5, 0.6) is 0 Å². The number of halogens is 1. The Labute approximate surface area is 124 Å². The molecule has 0 saturated carbocycles. The number of piperidine rings is 1. The van der Waals surface area contributed by atoms with Gasteiger partial charge in [-0.2, -0.15) is 0 Å². The van der Waals surface area contributed by atoms with E-state index in [9.17, 15) is 4.79 Å². The summed E-state index contributed by atoms with van der Waals surface area (Å²) in [4.78, 5) is 14.0. The number of nitrogens with two attached hydrogens (primary N) is 1. The number of hydrogen-bond donors (Lipinski definition) is 1. The van der Waals surface area contributed by atoms with Crippen molar-refractivity contribution >= 4 is 17.5 Å². The zero-order valence-corrected chi connectivity index (χ0v) is 12.5. The number of carbonyl (C=O) groups is 1. The third-order valence-electron chi connectivity index (χ3n) is 3.68. The van der Waals surface area contributed by atoms with Crippen molar-refractivity contribution in [2.45, 2.75) is 38.5 Å². The maximum atomic E-state index is 12.1. The number of ether oxygens (including phenoxy) is 1. The fraction of sp³-hybridized carbons (Fsp3) is 0.533. The van der Waals surface area contributed by atoms with Gasteiger partial charge in [-0.25, -0.2) is 0 Å². The van der Waals surface area contributed by atoms with E-state index < -0.39 is 0 Å². The molecule has 2 N–H and O–H groups in total. The van der Waals surface area contributed by atoms with Gasteiger partial charge < -0.3 is 15.4 Å². The molecule has 1 heterocycles. The summed E-state index contributed by atoms with van der Waals surface area (Å²) in [5.74, 6) is 0.0245. The first-order chi connectivity index (χ1) is 9.58. The molecular weight excluding hydrogens is 276 g/mol. The van der Waals surface area contributed by atoms with Gasteiger partial charge in [0.15, 0.2) is 0 Å². The second-order valence-corrected chi connectivity index (χ2v) is 5.71. The highest BCUT2D eigenvalue weighted by molar-refractivity contribution is 6.31. The van der Waals surface area contributed by atoms with Crippen LogP contribution in [0.4, 0.5) is 0 Å². The molecule has 1 fully saturated rings. The van der Waals surface area contributed by atoms with E-state index in [4.69, 9.17) is 22.1 Å². The van der Waals surface area contributed by atoms with Crippen molar-refractivity contribution in [3.63, 3.8) is 0 Å². The molecule has 5 heteroatoms. The number of amides is 1. The minimum Gasteiger partial charge on any atom is -0.367 e. The molecule has 110 valence electrons. The Morgan fingerprint density at radius 1 is 1.50 bits per heavy atom. The summed E-state index contributed by atoms with van der Waals surface area (Å²) in [6, 6.07) is 7.88. The number of rotatable bonds is 4. The fourth-order valence-corrected chi connectivity index (χ4v) is 2.72. The second kappa shape index (κ2) is 7.07. The van der Waals surface area contributed by atoms with Crippen molar-refractivity contribution in [2.24, 2.45) is 5.73 Å². The molecule has 2 atom stereocenters. The van der Waals surface area contributed by atoms with Crippen molar-refractivity contribution in [1.82, 2.24) is 4.90 Å². The average Bonchev–Trinajstić information content (AvgIpc) is 2.40. The van der Waals surface area contributed by atoms with Crippen LogP contribution in [0.2, 0.25) is 5.02 Å². The monoisotopic (exact) mass is 296 g/mol. The van der Waals surface area contributed by atoms with Gasteiger partial charge in [-0.3, -0.25) is 4.79 Å². The zero-order chi connectivity index (χ0) is 14.5. The molecule has 1 aromatic carbocycles. The summed E-state index contributed by atoms with van der Waals surface area (Å²) in [6.07, 6.45) is 1.72. The minimum absolute atomic E-state index is 0.0245. The molecule has 0 spiro atoms. The molecule has 1 aromatic rings. The Kier molecular flexibility index (Phi) is 5.40. The van der Waals surface area contributed by atoms with Gasteiger partial charge in [-0.05, 0) is 31.4 Å². The topological polar surface area (TPSA) is 55.6 Å². The van der Waals surface area contributed by atoms with Crippen LogP contribution in [0.15, 0.2) is 24.3 Å². The molecule has 0 aromatic heterocycles. The second-order valence-electron chi connectivity index (χ2n) is 5.30. The highest BCUT2D eigenvalue weighted by atomic mass is 35.5. The first-order valence-electron chi connectivity index (χ1n) is 6.94. The van der Waals surface area contributed by atoms with Crippen LogP contribution in [-0.4, -0.2) is 36.0 Å². The van der Waals surface area contributed by atoms with E-state index in [-0.39, 0.29) is 24.6 Å². The minimum atomic E-state index is 0.0245. The highest BCUT2D eigenvalue weighted by Gasteiger charge is 2.26. The van der Waals surface area contributed by atoms with Gasteiger partial charge in [-0.1, -0.05) is 29.8 Å². The maximum Gasteiger partial charge on any atom is 0.248 e. The number of likely N-dealkylation sites (tertiary alicyclic amines) is 1. The molecule has 20 heavy (non-hydrogen) atoms. The van der Waals surface area contributed by atoms with E-state index in [2.05, 4.69) is 0 Å².